The minimum Gasteiger partial charge on any atom is -0.491 e. The van der Waals surface area contributed by atoms with Crippen LogP contribution in [0.25, 0.3) is 21.9 Å². The Bertz CT molecular complexity index is 1160. The fourth-order valence-electron chi connectivity index (χ4n) is 3.67. The summed E-state index contributed by atoms with van der Waals surface area (Å²) in [6, 6.07) is 20.7. The van der Waals surface area contributed by atoms with E-state index in [9.17, 15) is 4.79 Å². The van der Waals surface area contributed by atoms with Gasteiger partial charge in [-0.3, -0.25) is 4.79 Å². The average Bonchev–Trinajstić information content (AvgIpc) is 3.40. The zero-order chi connectivity index (χ0) is 19.6. The van der Waals surface area contributed by atoms with E-state index in [4.69, 9.17) is 13.9 Å². The lowest BCUT2D eigenvalue weighted by molar-refractivity contribution is 0.0679. The third kappa shape index (κ3) is 3.69. The molecule has 1 amide bonds. The van der Waals surface area contributed by atoms with Crippen LogP contribution in [0.4, 0.5) is 5.69 Å². The van der Waals surface area contributed by atoms with Gasteiger partial charge in [0.05, 0.1) is 6.10 Å². The molecule has 0 spiro atoms. The highest BCUT2D eigenvalue weighted by atomic mass is 16.5. The summed E-state index contributed by atoms with van der Waals surface area (Å²) in [6.07, 6.45) is 2.30. The Balaban J connectivity index is 1.28. The number of furan rings is 1. The molecule has 1 saturated heterocycles. The molecule has 0 saturated carbocycles. The number of ether oxygens (including phenoxy) is 2. The van der Waals surface area contributed by atoms with Gasteiger partial charge in [-0.2, -0.15) is 0 Å². The van der Waals surface area contributed by atoms with Crippen LogP contribution in [0.15, 0.2) is 71.1 Å². The molecule has 1 unspecified atom stereocenters. The second-order valence-corrected chi connectivity index (χ2v) is 7.23. The molecule has 1 atom stereocenters. The third-order valence-corrected chi connectivity index (χ3v) is 5.21. The standard InChI is InChI=1S/C24H21NO4/c26-24(16-7-10-18(11-8-16)28-15-19-4-3-13-27-19)25-17-9-12-23-21(14-17)20-5-1-2-6-22(20)29-23/h1-2,5-12,14,19H,3-4,13,15H2,(H,25,26). The maximum absolute atomic E-state index is 12.6. The molecule has 1 N–H and O–H groups in total. The van der Waals surface area contributed by atoms with Gasteiger partial charge < -0.3 is 19.2 Å². The number of hydrogen-bond acceptors (Lipinski definition) is 4. The number of anilines is 1. The molecule has 2 heterocycles. The monoisotopic (exact) mass is 387 g/mol. The van der Waals surface area contributed by atoms with Gasteiger partial charge in [0.15, 0.2) is 0 Å². The molecule has 0 bridgehead atoms. The number of amides is 1. The van der Waals surface area contributed by atoms with Crippen LogP contribution in [0.2, 0.25) is 0 Å². The highest BCUT2D eigenvalue weighted by Gasteiger charge is 2.16. The van der Waals surface area contributed by atoms with Gasteiger partial charge in [0.1, 0.15) is 23.5 Å². The Kier molecular flexibility index (Phi) is 4.66. The van der Waals surface area contributed by atoms with Gasteiger partial charge in [-0.15, -0.1) is 0 Å². The number of para-hydroxylation sites is 1. The maximum Gasteiger partial charge on any atom is 0.255 e. The molecule has 5 nitrogen and oxygen atoms in total. The third-order valence-electron chi connectivity index (χ3n) is 5.21. The van der Waals surface area contributed by atoms with E-state index in [2.05, 4.69) is 5.32 Å². The molecular weight excluding hydrogens is 366 g/mol. The number of carbonyl (C=O) groups excluding carboxylic acids is 1. The minimum atomic E-state index is -0.164. The zero-order valence-corrected chi connectivity index (χ0v) is 15.9. The summed E-state index contributed by atoms with van der Waals surface area (Å²) >= 11 is 0. The summed E-state index contributed by atoms with van der Waals surface area (Å²) < 4.78 is 17.1. The molecule has 146 valence electrons. The second-order valence-electron chi connectivity index (χ2n) is 7.23. The van der Waals surface area contributed by atoms with Crippen LogP contribution in [-0.2, 0) is 4.74 Å². The molecule has 1 aliphatic rings. The summed E-state index contributed by atoms with van der Waals surface area (Å²) in [4.78, 5) is 12.6. The summed E-state index contributed by atoms with van der Waals surface area (Å²) in [5, 5.41) is 4.98. The summed E-state index contributed by atoms with van der Waals surface area (Å²) in [5.74, 6) is 0.575. The van der Waals surface area contributed by atoms with Crippen LogP contribution < -0.4 is 10.1 Å². The van der Waals surface area contributed by atoms with Gasteiger partial charge >= 0.3 is 0 Å². The van der Waals surface area contributed by atoms with Crippen molar-refractivity contribution in [3.8, 4) is 5.75 Å². The molecule has 4 aromatic rings. The molecule has 0 radical (unpaired) electrons. The lowest BCUT2D eigenvalue weighted by atomic mass is 10.1. The Labute approximate surface area is 168 Å². The predicted molar refractivity (Wildman–Crippen MR) is 113 cm³/mol. The van der Waals surface area contributed by atoms with Crippen molar-refractivity contribution in [2.45, 2.75) is 18.9 Å². The van der Waals surface area contributed by atoms with Crippen LogP contribution in [0.5, 0.6) is 5.75 Å². The van der Waals surface area contributed by atoms with Gasteiger partial charge in [0.2, 0.25) is 0 Å². The van der Waals surface area contributed by atoms with E-state index in [-0.39, 0.29) is 12.0 Å². The fourth-order valence-corrected chi connectivity index (χ4v) is 3.67. The first-order chi connectivity index (χ1) is 14.3. The van der Waals surface area contributed by atoms with E-state index in [1.54, 1.807) is 12.1 Å². The molecular formula is C24H21NO4. The number of carbonyl (C=O) groups is 1. The quantitative estimate of drug-likeness (QED) is 0.498. The molecule has 5 heteroatoms. The van der Waals surface area contributed by atoms with Crippen molar-refractivity contribution in [1.82, 2.24) is 0 Å². The van der Waals surface area contributed by atoms with Gasteiger partial charge in [-0.25, -0.2) is 0 Å². The normalized spacial score (nSPS) is 16.3. The first kappa shape index (κ1) is 17.8. The van der Waals surface area contributed by atoms with Gasteiger partial charge in [0, 0.05) is 28.6 Å². The Hall–Kier alpha value is -3.31. The smallest absolute Gasteiger partial charge is 0.255 e. The van der Waals surface area contributed by atoms with E-state index in [1.165, 1.54) is 0 Å². The average molecular weight is 387 g/mol. The van der Waals surface area contributed by atoms with E-state index < -0.39 is 0 Å². The maximum atomic E-state index is 12.6. The van der Waals surface area contributed by atoms with E-state index in [0.29, 0.717) is 12.2 Å². The number of hydrogen-bond donors (Lipinski definition) is 1. The molecule has 5 rings (SSSR count). The Morgan fingerprint density at radius 2 is 1.83 bits per heavy atom. The van der Waals surface area contributed by atoms with E-state index in [0.717, 1.165) is 52.8 Å². The zero-order valence-electron chi connectivity index (χ0n) is 15.9. The molecule has 0 aliphatic carbocycles. The van der Waals surface area contributed by atoms with Crippen LogP contribution in [-0.4, -0.2) is 25.2 Å². The SMILES string of the molecule is O=C(Nc1ccc2oc3ccccc3c2c1)c1ccc(OCC2CCCO2)cc1. The minimum absolute atomic E-state index is 0.164. The highest BCUT2D eigenvalue weighted by Crippen LogP contribution is 2.30. The topological polar surface area (TPSA) is 60.7 Å². The van der Waals surface area contributed by atoms with Crippen molar-refractivity contribution in [3.05, 3.63) is 72.3 Å². The van der Waals surface area contributed by atoms with Crippen molar-refractivity contribution in [2.75, 3.05) is 18.5 Å². The summed E-state index contributed by atoms with van der Waals surface area (Å²) in [5.41, 5.74) is 2.95. The number of fused-ring (bicyclic) bond motifs is 3. The number of nitrogens with one attached hydrogen (secondary N) is 1. The first-order valence-corrected chi connectivity index (χ1v) is 9.83. The van der Waals surface area contributed by atoms with Crippen LogP contribution >= 0.6 is 0 Å². The summed E-state index contributed by atoms with van der Waals surface area (Å²) in [6.45, 7) is 1.36. The lowest BCUT2D eigenvalue weighted by Gasteiger charge is -2.12. The first-order valence-electron chi connectivity index (χ1n) is 9.83. The van der Waals surface area contributed by atoms with E-state index in [1.807, 2.05) is 54.6 Å². The van der Waals surface area contributed by atoms with Crippen LogP contribution in [0.1, 0.15) is 23.2 Å². The van der Waals surface area contributed by atoms with Crippen molar-refractivity contribution < 1.29 is 18.7 Å². The van der Waals surface area contributed by atoms with Crippen molar-refractivity contribution in [3.63, 3.8) is 0 Å². The van der Waals surface area contributed by atoms with Gasteiger partial charge in [-0.05, 0) is 61.4 Å². The second kappa shape index (κ2) is 7.60. The predicted octanol–water partition coefficient (Wildman–Crippen LogP) is 5.40. The Morgan fingerprint density at radius 3 is 2.66 bits per heavy atom. The van der Waals surface area contributed by atoms with Crippen molar-refractivity contribution in [2.24, 2.45) is 0 Å². The largest absolute Gasteiger partial charge is 0.491 e. The van der Waals surface area contributed by atoms with Crippen LogP contribution in [0.3, 0.4) is 0 Å². The molecule has 29 heavy (non-hydrogen) atoms. The van der Waals surface area contributed by atoms with Gasteiger partial charge in [0.25, 0.3) is 5.91 Å². The van der Waals surface area contributed by atoms with Crippen LogP contribution in [0, 0.1) is 0 Å². The fraction of sp³-hybridized carbons (Fsp3) is 0.208. The van der Waals surface area contributed by atoms with Gasteiger partial charge in [-0.1, -0.05) is 18.2 Å². The summed E-state index contributed by atoms with van der Waals surface area (Å²) in [7, 11) is 0. The number of benzene rings is 3. The molecule has 1 aromatic heterocycles. The molecule has 3 aromatic carbocycles. The molecule has 1 aliphatic heterocycles. The number of rotatable bonds is 5. The van der Waals surface area contributed by atoms with E-state index >= 15 is 0 Å². The van der Waals surface area contributed by atoms with Crippen molar-refractivity contribution >= 4 is 33.5 Å². The Morgan fingerprint density at radius 1 is 1.00 bits per heavy atom. The van der Waals surface area contributed by atoms with Crippen molar-refractivity contribution in [1.29, 1.82) is 0 Å². The highest BCUT2D eigenvalue weighted by molar-refractivity contribution is 6.09. The molecule has 1 fully saturated rings. The lowest BCUT2D eigenvalue weighted by Crippen LogP contribution is -2.16.